The maximum absolute atomic E-state index is 12.1. The third-order valence-electron chi connectivity index (χ3n) is 4.89. The maximum atomic E-state index is 12.1. The molecule has 1 amide bonds. The number of benzene rings is 2. The van der Waals surface area contributed by atoms with Crippen molar-refractivity contribution in [3.05, 3.63) is 59.4 Å². The third kappa shape index (κ3) is 2.77. The van der Waals surface area contributed by atoms with Crippen molar-refractivity contribution >= 4 is 22.5 Å². The van der Waals surface area contributed by atoms with Crippen molar-refractivity contribution in [1.29, 1.82) is 0 Å². The molecule has 0 aliphatic heterocycles. The number of hydrogen-bond acceptors (Lipinski definition) is 5. The molecule has 2 aromatic heterocycles. The van der Waals surface area contributed by atoms with Gasteiger partial charge in [-0.05, 0) is 30.5 Å². The number of nitrogens with zero attached hydrogens (tertiary/aromatic N) is 3. The topological polar surface area (TPSA) is 124 Å². The zero-order valence-corrected chi connectivity index (χ0v) is 15.7. The molecule has 4 aromatic rings. The lowest BCUT2D eigenvalue weighted by Crippen LogP contribution is -2.18. The van der Waals surface area contributed by atoms with Crippen LogP contribution >= 0.6 is 0 Å². The fourth-order valence-corrected chi connectivity index (χ4v) is 3.46. The number of amides is 1. The second kappa shape index (κ2) is 6.77. The average Bonchev–Trinajstić information content (AvgIpc) is 3.17. The Kier molecular flexibility index (Phi) is 4.27. The number of carbonyl (C=O) groups excluding carboxylic acids is 1. The normalized spacial score (nSPS) is 11.1. The van der Waals surface area contributed by atoms with Gasteiger partial charge in [0.25, 0.3) is 5.91 Å². The van der Waals surface area contributed by atoms with Crippen LogP contribution in [0.3, 0.4) is 0 Å². The molecule has 140 valence electrons. The molecule has 2 heterocycles. The SMILES string of the molecule is CCc1ccccc1-c1nc(C(N)=O)c(N)c(-c2c(C)ccc3[nH]ncc23)n1. The molecule has 0 radical (unpaired) electrons. The van der Waals surface area contributed by atoms with E-state index in [-0.39, 0.29) is 11.4 Å². The number of hydrogen-bond donors (Lipinski definition) is 3. The summed E-state index contributed by atoms with van der Waals surface area (Å²) in [6, 6.07) is 11.7. The predicted octanol–water partition coefficient (Wildman–Crippen LogP) is 3.24. The van der Waals surface area contributed by atoms with E-state index in [1.807, 2.05) is 43.3 Å². The molecule has 0 unspecified atom stereocenters. The number of anilines is 1. The molecule has 2 aromatic carbocycles. The Bertz CT molecular complexity index is 1210. The summed E-state index contributed by atoms with van der Waals surface area (Å²) in [6.45, 7) is 4.02. The first-order valence-electron chi connectivity index (χ1n) is 9.00. The highest BCUT2D eigenvalue weighted by Crippen LogP contribution is 2.36. The fraction of sp³-hybridized carbons (Fsp3) is 0.143. The van der Waals surface area contributed by atoms with E-state index < -0.39 is 5.91 Å². The van der Waals surface area contributed by atoms with Gasteiger partial charge in [-0.2, -0.15) is 5.10 Å². The Hall–Kier alpha value is -3.74. The summed E-state index contributed by atoms with van der Waals surface area (Å²) in [6.07, 6.45) is 2.53. The number of aryl methyl sites for hydroxylation is 2. The first-order valence-corrected chi connectivity index (χ1v) is 9.00. The van der Waals surface area contributed by atoms with Crippen LogP contribution in [0.1, 0.15) is 28.5 Å². The van der Waals surface area contributed by atoms with Gasteiger partial charge in [-0.3, -0.25) is 9.89 Å². The summed E-state index contributed by atoms with van der Waals surface area (Å²) in [5.41, 5.74) is 17.1. The zero-order chi connectivity index (χ0) is 19.8. The van der Waals surface area contributed by atoms with Crippen molar-refractivity contribution in [1.82, 2.24) is 20.2 Å². The van der Waals surface area contributed by atoms with Crippen molar-refractivity contribution in [2.75, 3.05) is 5.73 Å². The minimum Gasteiger partial charge on any atom is -0.395 e. The van der Waals surface area contributed by atoms with Crippen LogP contribution in [0.25, 0.3) is 33.5 Å². The number of nitrogen functional groups attached to an aromatic ring is 1. The van der Waals surface area contributed by atoms with Crippen LogP contribution in [0.15, 0.2) is 42.6 Å². The van der Waals surface area contributed by atoms with E-state index in [0.717, 1.165) is 39.6 Å². The van der Waals surface area contributed by atoms with Crippen LogP contribution in [0, 0.1) is 6.92 Å². The van der Waals surface area contributed by atoms with E-state index in [1.165, 1.54) is 0 Å². The van der Waals surface area contributed by atoms with Gasteiger partial charge in [-0.25, -0.2) is 9.97 Å². The number of H-pyrrole nitrogens is 1. The number of fused-ring (bicyclic) bond motifs is 1. The number of rotatable bonds is 4. The highest BCUT2D eigenvalue weighted by molar-refractivity contribution is 6.04. The molecule has 0 saturated heterocycles. The van der Waals surface area contributed by atoms with Gasteiger partial charge in [0.2, 0.25) is 0 Å². The van der Waals surface area contributed by atoms with Gasteiger partial charge < -0.3 is 11.5 Å². The van der Waals surface area contributed by atoms with Gasteiger partial charge in [0.1, 0.15) is 0 Å². The Morgan fingerprint density at radius 2 is 1.93 bits per heavy atom. The smallest absolute Gasteiger partial charge is 0.269 e. The summed E-state index contributed by atoms with van der Waals surface area (Å²) in [4.78, 5) is 21.2. The van der Waals surface area contributed by atoms with E-state index >= 15 is 0 Å². The molecule has 0 atom stereocenters. The Morgan fingerprint density at radius 1 is 1.14 bits per heavy atom. The number of aromatic amines is 1. The molecule has 0 aliphatic carbocycles. The zero-order valence-electron chi connectivity index (χ0n) is 15.7. The number of nitrogens with two attached hydrogens (primary N) is 2. The molecule has 0 aliphatic rings. The van der Waals surface area contributed by atoms with Gasteiger partial charge in [0.15, 0.2) is 11.5 Å². The van der Waals surface area contributed by atoms with Crippen LogP contribution in [-0.4, -0.2) is 26.1 Å². The van der Waals surface area contributed by atoms with Crippen LogP contribution in [0.5, 0.6) is 0 Å². The van der Waals surface area contributed by atoms with E-state index in [4.69, 9.17) is 16.5 Å². The lowest BCUT2D eigenvalue weighted by Gasteiger charge is -2.15. The van der Waals surface area contributed by atoms with Gasteiger partial charge in [0.05, 0.1) is 23.1 Å². The number of aromatic nitrogens is 4. The minimum atomic E-state index is -0.687. The van der Waals surface area contributed by atoms with Crippen LogP contribution in [-0.2, 0) is 6.42 Å². The van der Waals surface area contributed by atoms with Gasteiger partial charge >= 0.3 is 0 Å². The Morgan fingerprint density at radius 3 is 2.68 bits per heavy atom. The Balaban J connectivity index is 2.08. The fourth-order valence-electron chi connectivity index (χ4n) is 3.46. The van der Waals surface area contributed by atoms with Crippen molar-refractivity contribution < 1.29 is 4.79 Å². The average molecular weight is 372 g/mol. The molecule has 4 rings (SSSR count). The quantitative estimate of drug-likeness (QED) is 0.507. The molecule has 0 bridgehead atoms. The predicted molar refractivity (Wildman–Crippen MR) is 110 cm³/mol. The van der Waals surface area contributed by atoms with Crippen molar-refractivity contribution in [2.45, 2.75) is 20.3 Å². The summed E-state index contributed by atoms with van der Waals surface area (Å²) in [5.74, 6) is -0.260. The third-order valence-corrected chi connectivity index (χ3v) is 4.89. The number of primary amides is 1. The largest absolute Gasteiger partial charge is 0.395 e. The highest BCUT2D eigenvalue weighted by Gasteiger charge is 2.21. The molecule has 0 fully saturated rings. The molecular formula is C21H20N6O. The summed E-state index contributed by atoms with van der Waals surface area (Å²) < 4.78 is 0. The van der Waals surface area contributed by atoms with Crippen molar-refractivity contribution in [2.24, 2.45) is 5.73 Å². The Labute approximate surface area is 161 Å². The molecular weight excluding hydrogens is 352 g/mol. The van der Waals surface area contributed by atoms with E-state index in [0.29, 0.717) is 11.5 Å². The van der Waals surface area contributed by atoms with Crippen LogP contribution in [0.4, 0.5) is 5.69 Å². The monoisotopic (exact) mass is 372 g/mol. The molecule has 28 heavy (non-hydrogen) atoms. The maximum Gasteiger partial charge on any atom is 0.269 e. The number of carbonyl (C=O) groups is 1. The summed E-state index contributed by atoms with van der Waals surface area (Å²) >= 11 is 0. The van der Waals surface area contributed by atoms with Crippen molar-refractivity contribution in [3.63, 3.8) is 0 Å². The van der Waals surface area contributed by atoms with Gasteiger partial charge in [0, 0.05) is 16.5 Å². The van der Waals surface area contributed by atoms with Crippen molar-refractivity contribution in [3.8, 4) is 22.6 Å². The molecule has 7 nitrogen and oxygen atoms in total. The second-order valence-corrected chi connectivity index (χ2v) is 6.62. The standard InChI is InChI=1S/C21H20N6O/c1-3-12-6-4-5-7-13(12)21-25-18(17(22)19(26-21)20(23)28)16-11(2)8-9-15-14(16)10-24-27-15/h4-10H,3,22H2,1-2H3,(H2,23,28)(H,24,27). The highest BCUT2D eigenvalue weighted by atomic mass is 16.1. The first kappa shape index (κ1) is 17.7. The number of nitrogens with one attached hydrogen (secondary N) is 1. The van der Waals surface area contributed by atoms with Crippen LogP contribution in [0.2, 0.25) is 0 Å². The molecule has 0 spiro atoms. The molecule has 5 N–H and O–H groups in total. The summed E-state index contributed by atoms with van der Waals surface area (Å²) in [7, 11) is 0. The summed E-state index contributed by atoms with van der Waals surface area (Å²) in [5, 5.41) is 7.95. The lowest BCUT2D eigenvalue weighted by atomic mass is 9.98. The van der Waals surface area contributed by atoms with E-state index in [2.05, 4.69) is 22.1 Å². The first-order chi connectivity index (χ1) is 13.5. The van der Waals surface area contributed by atoms with Gasteiger partial charge in [-0.15, -0.1) is 0 Å². The van der Waals surface area contributed by atoms with E-state index in [9.17, 15) is 4.79 Å². The van der Waals surface area contributed by atoms with E-state index in [1.54, 1.807) is 6.20 Å². The minimum absolute atomic E-state index is 0.0193. The lowest BCUT2D eigenvalue weighted by molar-refractivity contribution is 0.0996. The second-order valence-electron chi connectivity index (χ2n) is 6.62. The van der Waals surface area contributed by atoms with Crippen LogP contribution < -0.4 is 11.5 Å². The molecule has 7 heteroatoms. The van der Waals surface area contributed by atoms with Gasteiger partial charge in [-0.1, -0.05) is 37.3 Å². The molecule has 0 saturated carbocycles.